The molecule has 2 aliphatic heterocycles. The molecule has 14 atom stereocenters. The summed E-state index contributed by atoms with van der Waals surface area (Å²) in [6.07, 6.45) is -16.2. The third-order valence-electron chi connectivity index (χ3n) is 6.90. The van der Waals surface area contributed by atoms with Gasteiger partial charge in [-0.05, 0) is 20.8 Å². The second-order valence-corrected chi connectivity index (χ2v) is 10.4. The zero-order chi connectivity index (χ0) is 32.8. The quantitative estimate of drug-likeness (QED) is 0.0905. The van der Waals surface area contributed by atoms with Crippen LogP contribution in [0.15, 0.2) is 0 Å². The van der Waals surface area contributed by atoms with Gasteiger partial charge in [-0.3, -0.25) is 19.2 Å². The first-order chi connectivity index (χ1) is 20.0. The van der Waals surface area contributed by atoms with Crippen molar-refractivity contribution in [2.45, 2.75) is 113 Å². The molecule has 19 nitrogen and oxygen atoms in total. The van der Waals surface area contributed by atoms with Gasteiger partial charge in [-0.2, -0.15) is 0 Å². The molecule has 248 valence electrons. The van der Waals surface area contributed by atoms with Crippen LogP contribution in [0, 0.1) is 0 Å². The highest BCUT2D eigenvalue weighted by atomic mass is 16.7. The molecule has 2 heterocycles. The molecule has 0 unspecified atom stereocenters. The third-order valence-corrected chi connectivity index (χ3v) is 6.90. The lowest BCUT2D eigenvalue weighted by molar-refractivity contribution is -0.350. The van der Waals surface area contributed by atoms with Gasteiger partial charge in [0.25, 0.3) is 0 Å². The van der Waals surface area contributed by atoms with Crippen molar-refractivity contribution in [1.29, 1.82) is 0 Å². The van der Waals surface area contributed by atoms with Gasteiger partial charge in [0.2, 0.25) is 17.7 Å². The van der Waals surface area contributed by atoms with E-state index in [1.807, 2.05) is 0 Å². The molecular weight excluding hydrogens is 584 g/mol. The molecule has 2 fully saturated rings. The number of aliphatic carboxylic acids is 1. The number of nitrogens with one attached hydrogen (secondary N) is 3. The van der Waals surface area contributed by atoms with Crippen LogP contribution in [0.2, 0.25) is 0 Å². The van der Waals surface area contributed by atoms with Crippen molar-refractivity contribution >= 4 is 23.7 Å². The molecule has 43 heavy (non-hydrogen) atoms. The summed E-state index contributed by atoms with van der Waals surface area (Å²) in [5.74, 6) is -3.80. The number of hydrogen-bond donors (Lipinski definition) is 11. The van der Waals surface area contributed by atoms with Crippen LogP contribution in [0.1, 0.15) is 27.7 Å². The van der Waals surface area contributed by atoms with Gasteiger partial charge in [-0.1, -0.05) is 0 Å². The van der Waals surface area contributed by atoms with Crippen LogP contribution in [-0.2, 0) is 38.1 Å². The minimum atomic E-state index is -1.86. The Morgan fingerprint density at radius 1 is 0.837 bits per heavy atom. The second-order valence-electron chi connectivity index (χ2n) is 10.4. The van der Waals surface area contributed by atoms with E-state index < -0.39 is 122 Å². The van der Waals surface area contributed by atoms with E-state index in [0.29, 0.717) is 0 Å². The summed E-state index contributed by atoms with van der Waals surface area (Å²) >= 11 is 0. The molecule has 19 heteroatoms. The topological polar surface area (TPSA) is 309 Å². The van der Waals surface area contributed by atoms with Crippen molar-refractivity contribution in [3.8, 4) is 0 Å². The highest BCUT2D eigenvalue weighted by Gasteiger charge is 2.52. The van der Waals surface area contributed by atoms with Gasteiger partial charge < -0.3 is 76.4 Å². The highest BCUT2D eigenvalue weighted by Crippen LogP contribution is 2.30. The molecule has 2 saturated heterocycles. The Hall–Kier alpha value is -2.56. The Bertz CT molecular complexity index is 971. The Kier molecular flexibility index (Phi) is 13.6. The number of carbonyl (C=O) groups excluding carboxylic acids is 3. The molecule has 0 aromatic heterocycles. The van der Waals surface area contributed by atoms with Gasteiger partial charge in [0.1, 0.15) is 60.9 Å². The fraction of sp³-hybridized carbons (Fsp3) is 0.833. The average molecular weight is 627 g/mol. The molecule has 0 bridgehead atoms. The lowest BCUT2D eigenvalue weighted by Gasteiger charge is -2.47. The number of carboxylic acid groups (broad SMARTS) is 1. The molecule has 12 N–H and O–H groups in total. The van der Waals surface area contributed by atoms with E-state index in [9.17, 15) is 49.8 Å². The predicted molar refractivity (Wildman–Crippen MR) is 139 cm³/mol. The molecule has 0 spiro atoms. The fourth-order valence-electron chi connectivity index (χ4n) is 4.41. The van der Waals surface area contributed by atoms with Crippen LogP contribution >= 0.6 is 0 Å². The largest absolute Gasteiger partial charge is 0.480 e. The van der Waals surface area contributed by atoms with Crippen LogP contribution in [0.25, 0.3) is 0 Å². The standard InChI is InChI=1S/C24H42N4O15/c1-7(25)20(36)28-13(21(37)26-8(2)22(38)39)9(3)40-23-14(27-10(4)31)16(33)19(12(6-30)42-23)43-24-18(35)17(34)15(32)11(5-29)41-24/h7-9,11-19,23-24,29-30,32-35H,5-6,25H2,1-4H3,(H,26,37)(H,27,31)(H,28,36)(H,38,39)/t7-,8-,9+,11+,12+,13-,14+,15-,16+,17-,18+,19+,23+,24-/m0/s1. The van der Waals surface area contributed by atoms with Crippen molar-refractivity contribution < 1.29 is 73.9 Å². The average Bonchev–Trinajstić information content (AvgIpc) is 2.94. The first-order valence-electron chi connectivity index (χ1n) is 13.5. The molecule has 3 amide bonds. The van der Waals surface area contributed by atoms with Crippen LogP contribution in [0.5, 0.6) is 0 Å². The zero-order valence-corrected chi connectivity index (χ0v) is 24.0. The summed E-state index contributed by atoms with van der Waals surface area (Å²) in [5.41, 5.74) is 5.59. The number of ether oxygens (including phenoxy) is 4. The maximum absolute atomic E-state index is 12.9. The number of aliphatic hydroxyl groups is 6. The molecule has 0 radical (unpaired) electrons. The van der Waals surface area contributed by atoms with E-state index in [4.69, 9.17) is 29.8 Å². The predicted octanol–water partition coefficient (Wildman–Crippen LogP) is -6.42. The minimum absolute atomic E-state index is 0.683. The molecule has 2 aliphatic rings. The van der Waals surface area contributed by atoms with Gasteiger partial charge in [0.15, 0.2) is 12.6 Å². The van der Waals surface area contributed by atoms with Gasteiger partial charge in [0.05, 0.1) is 25.4 Å². The SMILES string of the molecule is CC(=O)N[C@H]1[C@H](O[C@H](C)[C@H](NC(=O)[C@H](C)N)C(=O)N[C@@H](C)C(=O)O)O[C@H](CO)[C@@H](O[C@@H]2O[C@H](CO)[C@H](O)[C@H](O)[C@H]2O)[C@@H]1O. The van der Waals surface area contributed by atoms with Crippen LogP contribution in [0.4, 0.5) is 0 Å². The Balaban J connectivity index is 2.33. The lowest BCUT2D eigenvalue weighted by Crippen LogP contribution is -2.68. The normalized spacial score (nSPS) is 35.6. The highest BCUT2D eigenvalue weighted by molar-refractivity contribution is 5.91. The fourth-order valence-corrected chi connectivity index (χ4v) is 4.41. The smallest absolute Gasteiger partial charge is 0.325 e. The minimum Gasteiger partial charge on any atom is -0.480 e. The first-order valence-corrected chi connectivity index (χ1v) is 13.5. The van der Waals surface area contributed by atoms with E-state index >= 15 is 0 Å². The molecule has 2 rings (SSSR count). The Labute approximate surface area is 246 Å². The van der Waals surface area contributed by atoms with E-state index in [1.54, 1.807) is 0 Å². The van der Waals surface area contributed by atoms with Crippen LogP contribution < -0.4 is 21.7 Å². The van der Waals surface area contributed by atoms with E-state index in [2.05, 4.69) is 16.0 Å². The van der Waals surface area contributed by atoms with Crippen LogP contribution in [-0.4, -0.2) is 158 Å². The summed E-state index contributed by atoms with van der Waals surface area (Å²) in [6, 6.07) is -5.44. The molecule has 0 aromatic rings. The Morgan fingerprint density at radius 2 is 1.42 bits per heavy atom. The van der Waals surface area contributed by atoms with Crippen molar-refractivity contribution in [2.75, 3.05) is 13.2 Å². The monoisotopic (exact) mass is 626 g/mol. The number of nitrogens with two attached hydrogens (primary N) is 1. The molecular formula is C24H42N4O15. The van der Waals surface area contributed by atoms with Crippen molar-refractivity contribution in [2.24, 2.45) is 5.73 Å². The van der Waals surface area contributed by atoms with E-state index in [0.717, 1.165) is 6.92 Å². The molecule has 0 aliphatic carbocycles. The summed E-state index contributed by atoms with van der Waals surface area (Å²) in [6.45, 7) is 3.34. The van der Waals surface area contributed by atoms with Crippen molar-refractivity contribution in [1.82, 2.24) is 16.0 Å². The van der Waals surface area contributed by atoms with Crippen molar-refractivity contribution in [3.63, 3.8) is 0 Å². The van der Waals surface area contributed by atoms with Crippen LogP contribution in [0.3, 0.4) is 0 Å². The maximum atomic E-state index is 12.9. The van der Waals surface area contributed by atoms with Gasteiger partial charge in [0, 0.05) is 6.92 Å². The number of carboxylic acids is 1. The van der Waals surface area contributed by atoms with Gasteiger partial charge in [-0.15, -0.1) is 0 Å². The zero-order valence-electron chi connectivity index (χ0n) is 24.0. The number of carbonyl (C=O) groups is 4. The maximum Gasteiger partial charge on any atom is 0.325 e. The molecule has 0 saturated carbocycles. The van der Waals surface area contributed by atoms with E-state index in [-0.39, 0.29) is 0 Å². The summed E-state index contributed by atoms with van der Waals surface area (Å²) in [5, 5.41) is 77.3. The lowest BCUT2D eigenvalue weighted by atomic mass is 9.95. The summed E-state index contributed by atoms with van der Waals surface area (Å²) in [4.78, 5) is 48.5. The number of hydrogen-bond acceptors (Lipinski definition) is 15. The second kappa shape index (κ2) is 16.0. The van der Waals surface area contributed by atoms with Crippen molar-refractivity contribution in [3.05, 3.63) is 0 Å². The third kappa shape index (κ3) is 9.22. The number of aliphatic hydroxyl groups excluding tert-OH is 6. The first kappa shape index (κ1) is 36.6. The summed E-state index contributed by atoms with van der Waals surface area (Å²) in [7, 11) is 0. The molecule has 0 aromatic carbocycles. The van der Waals surface area contributed by atoms with Gasteiger partial charge in [-0.25, -0.2) is 0 Å². The van der Waals surface area contributed by atoms with E-state index in [1.165, 1.54) is 20.8 Å². The number of rotatable bonds is 13. The Morgan fingerprint density at radius 3 is 1.93 bits per heavy atom. The number of amides is 3. The summed E-state index contributed by atoms with van der Waals surface area (Å²) < 4.78 is 22.5. The van der Waals surface area contributed by atoms with Gasteiger partial charge >= 0.3 is 5.97 Å².